The minimum atomic E-state index is -0.703. The van der Waals surface area contributed by atoms with Crippen LogP contribution in [0.5, 0.6) is 0 Å². The van der Waals surface area contributed by atoms with E-state index in [1.165, 1.54) is 24.3 Å². The smallest absolute Gasteiger partial charge is 0.270 e. The first-order chi connectivity index (χ1) is 16.9. The average molecular weight is 499 g/mol. The summed E-state index contributed by atoms with van der Waals surface area (Å²) in [7, 11) is 1.81. The van der Waals surface area contributed by atoms with E-state index in [1.807, 2.05) is 11.6 Å². The van der Waals surface area contributed by atoms with E-state index < -0.39 is 16.6 Å². The van der Waals surface area contributed by atoms with Crippen molar-refractivity contribution in [3.05, 3.63) is 63.3 Å². The van der Waals surface area contributed by atoms with Crippen LogP contribution in [0.1, 0.15) is 59.3 Å². The van der Waals surface area contributed by atoms with E-state index in [0.717, 1.165) is 48.8 Å². The Hall–Kier alpha value is -3.38. The number of benzene rings is 1. The molecule has 35 heavy (non-hydrogen) atoms. The maximum atomic E-state index is 14.8. The number of carbonyl (C=O) groups excluding carboxylic acids is 1. The van der Waals surface area contributed by atoms with Crippen LogP contribution in [0.2, 0.25) is 0 Å². The van der Waals surface area contributed by atoms with Crippen LogP contribution in [0.4, 0.5) is 15.9 Å². The van der Waals surface area contributed by atoms with Gasteiger partial charge in [-0.2, -0.15) is 0 Å². The summed E-state index contributed by atoms with van der Waals surface area (Å²) in [6.45, 7) is 1.14. The first-order valence-electron chi connectivity index (χ1n) is 11.3. The van der Waals surface area contributed by atoms with Crippen LogP contribution in [0, 0.1) is 15.9 Å². The quantitative estimate of drug-likeness (QED) is 0.375. The topological polar surface area (TPSA) is 125 Å². The highest BCUT2D eigenvalue weighted by Gasteiger charge is 2.28. The highest BCUT2D eigenvalue weighted by Crippen LogP contribution is 2.36. The summed E-state index contributed by atoms with van der Waals surface area (Å²) in [5, 5.41) is 22.8. The molecular formula is C23H23FN6O4S. The maximum Gasteiger partial charge on any atom is 0.270 e. The fourth-order valence-corrected chi connectivity index (χ4v) is 5.26. The number of ether oxygens (including phenoxy) is 1. The van der Waals surface area contributed by atoms with E-state index in [9.17, 15) is 19.3 Å². The predicted octanol–water partition coefficient (Wildman–Crippen LogP) is 4.43. The van der Waals surface area contributed by atoms with Crippen molar-refractivity contribution in [3.8, 4) is 0 Å². The van der Waals surface area contributed by atoms with Gasteiger partial charge in [0.05, 0.1) is 29.6 Å². The largest absolute Gasteiger partial charge is 0.380 e. The van der Waals surface area contributed by atoms with Crippen LogP contribution >= 0.6 is 11.8 Å². The SMILES string of the molecule is Cn1c(Sc2ccc([N+](=O)[O-])cc2C(=O)Nc2ncc(C3CCCC3)cc2F)nnc1C1COC1. The van der Waals surface area contributed by atoms with E-state index in [0.29, 0.717) is 23.3 Å². The van der Waals surface area contributed by atoms with Gasteiger partial charge < -0.3 is 14.6 Å². The van der Waals surface area contributed by atoms with Crippen molar-refractivity contribution in [2.75, 3.05) is 18.5 Å². The Labute approximate surface area is 204 Å². The van der Waals surface area contributed by atoms with E-state index in [1.54, 1.807) is 6.20 Å². The molecule has 1 amide bonds. The minimum Gasteiger partial charge on any atom is -0.380 e. The van der Waals surface area contributed by atoms with Crippen molar-refractivity contribution >= 4 is 29.2 Å². The highest BCUT2D eigenvalue weighted by atomic mass is 32.2. The van der Waals surface area contributed by atoms with Gasteiger partial charge in [-0.25, -0.2) is 9.37 Å². The molecule has 1 aromatic carbocycles. The summed E-state index contributed by atoms with van der Waals surface area (Å²) in [6.07, 6.45) is 5.80. The lowest BCUT2D eigenvalue weighted by atomic mass is 9.99. The van der Waals surface area contributed by atoms with Gasteiger partial charge in [0.15, 0.2) is 16.8 Å². The van der Waals surface area contributed by atoms with Crippen molar-refractivity contribution in [3.63, 3.8) is 0 Å². The lowest BCUT2D eigenvalue weighted by molar-refractivity contribution is -0.384. The number of nitro groups is 1. The molecule has 12 heteroatoms. The summed E-state index contributed by atoms with van der Waals surface area (Å²) in [4.78, 5) is 28.4. The second-order valence-corrected chi connectivity index (χ2v) is 9.72. The van der Waals surface area contributed by atoms with Crippen molar-refractivity contribution in [1.82, 2.24) is 19.7 Å². The molecule has 1 N–H and O–H groups in total. The molecule has 1 saturated carbocycles. The number of anilines is 1. The van der Waals surface area contributed by atoms with Crippen molar-refractivity contribution < 1.29 is 18.8 Å². The number of carbonyl (C=O) groups is 1. The Balaban J connectivity index is 1.41. The zero-order chi connectivity index (χ0) is 24.5. The summed E-state index contributed by atoms with van der Waals surface area (Å²) in [6, 6.07) is 5.36. The Kier molecular flexibility index (Phi) is 6.48. The van der Waals surface area contributed by atoms with E-state index in [-0.39, 0.29) is 28.9 Å². The van der Waals surface area contributed by atoms with Gasteiger partial charge in [-0.05, 0) is 48.2 Å². The van der Waals surface area contributed by atoms with Crippen LogP contribution in [0.15, 0.2) is 40.5 Å². The molecule has 0 unspecified atom stereocenters. The van der Waals surface area contributed by atoms with Gasteiger partial charge in [-0.3, -0.25) is 14.9 Å². The van der Waals surface area contributed by atoms with Crippen molar-refractivity contribution in [2.24, 2.45) is 7.05 Å². The van der Waals surface area contributed by atoms with E-state index in [4.69, 9.17) is 4.74 Å². The molecule has 3 heterocycles. The third kappa shape index (κ3) is 4.76. The Morgan fingerprint density at radius 2 is 2.00 bits per heavy atom. The molecular weight excluding hydrogens is 475 g/mol. The van der Waals surface area contributed by atoms with Crippen LogP contribution in [-0.4, -0.2) is 43.8 Å². The Morgan fingerprint density at radius 3 is 2.66 bits per heavy atom. The van der Waals surface area contributed by atoms with Crippen LogP contribution in [-0.2, 0) is 11.8 Å². The normalized spacial score (nSPS) is 16.3. The monoisotopic (exact) mass is 498 g/mol. The van der Waals surface area contributed by atoms with Crippen LogP contribution in [0.25, 0.3) is 0 Å². The molecule has 0 spiro atoms. The lowest BCUT2D eigenvalue weighted by Gasteiger charge is -2.24. The number of nitrogens with one attached hydrogen (secondary N) is 1. The first-order valence-corrected chi connectivity index (χ1v) is 12.1. The fourth-order valence-electron chi connectivity index (χ4n) is 4.35. The molecule has 1 aliphatic carbocycles. The zero-order valence-corrected chi connectivity index (χ0v) is 19.8. The van der Waals surface area contributed by atoms with Gasteiger partial charge in [-0.15, -0.1) is 10.2 Å². The molecule has 2 fully saturated rings. The second-order valence-electron chi connectivity index (χ2n) is 8.71. The maximum absolute atomic E-state index is 14.8. The number of pyridine rings is 1. The molecule has 10 nitrogen and oxygen atoms in total. The third-order valence-electron chi connectivity index (χ3n) is 6.41. The van der Waals surface area contributed by atoms with Crippen molar-refractivity contribution in [1.29, 1.82) is 0 Å². The predicted molar refractivity (Wildman–Crippen MR) is 125 cm³/mol. The van der Waals surface area contributed by atoms with Gasteiger partial charge in [0.2, 0.25) is 0 Å². The summed E-state index contributed by atoms with van der Waals surface area (Å²) in [5.41, 5.74) is 0.580. The first kappa shape index (κ1) is 23.4. The molecule has 182 valence electrons. The molecule has 0 radical (unpaired) electrons. The summed E-state index contributed by atoms with van der Waals surface area (Å²) < 4.78 is 21.8. The highest BCUT2D eigenvalue weighted by molar-refractivity contribution is 7.99. The summed E-state index contributed by atoms with van der Waals surface area (Å²) >= 11 is 1.15. The minimum absolute atomic E-state index is 0.0156. The third-order valence-corrected chi connectivity index (χ3v) is 7.53. The molecule has 1 aliphatic heterocycles. The number of non-ortho nitro benzene ring substituents is 1. The number of halogens is 1. The van der Waals surface area contributed by atoms with Gasteiger partial charge in [0.25, 0.3) is 11.6 Å². The van der Waals surface area contributed by atoms with Crippen molar-refractivity contribution in [2.45, 2.75) is 47.6 Å². The number of nitro benzene ring substituents is 1. The molecule has 1 saturated heterocycles. The standard InChI is InChI=1S/C23H23FN6O4S/c1-29-21(15-11-34-12-15)27-28-23(29)35-19-7-6-16(30(32)33)9-17(19)22(31)26-20-18(24)8-14(10-25-20)13-4-2-3-5-13/h6-10,13,15H,2-5,11-12H2,1H3,(H,25,26,31). The molecule has 0 bridgehead atoms. The fraction of sp³-hybridized carbons (Fsp3) is 0.391. The van der Waals surface area contributed by atoms with Gasteiger partial charge in [0.1, 0.15) is 5.82 Å². The Morgan fingerprint density at radius 1 is 1.23 bits per heavy atom. The zero-order valence-electron chi connectivity index (χ0n) is 18.9. The van der Waals surface area contributed by atoms with E-state index >= 15 is 0 Å². The number of rotatable bonds is 7. The second kappa shape index (κ2) is 9.70. The summed E-state index contributed by atoms with van der Waals surface area (Å²) in [5.74, 6) is -0.355. The number of hydrogen-bond donors (Lipinski definition) is 1. The molecule has 3 aromatic rings. The number of nitrogens with zero attached hydrogens (tertiary/aromatic N) is 5. The molecule has 2 aliphatic rings. The Bertz CT molecular complexity index is 1290. The number of amides is 1. The molecule has 2 aromatic heterocycles. The average Bonchev–Trinajstić information content (AvgIpc) is 3.46. The van der Waals surface area contributed by atoms with Crippen LogP contribution < -0.4 is 5.32 Å². The van der Waals surface area contributed by atoms with Gasteiger partial charge in [0, 0.05) is 30.3 Å². The molecule has 5 rings (SSSR count). The molecule has 0 atom stereocenters. The van der Waals surface area contributed by atoms with Gasteiger partial charge >= 0.3 is 0 Å². The van der Waals surface area contributed by atoms with Crippen LogP contribution in [0.3, 0.4) is 0 Å². The van der Waals surface area contributed by atoms with Gasteiger partial charge in [-0.1, -0.05) is 12.8 Å². The lowest BCUT2D eigenvalue weighted by Crippen LogP contribution is -2.27. The number of hydrogen-bond acceptors (Lipinski definition) is 8. The van der Waals surface area contributed by atoms with E-state index in [2.05, 4.69) is 20.5 Å². The number of aromatic nitrogens is 4.